The van der Waals surface area contributed by atoms with E-state index in [2.05, 4.69) is 19.2 Å². The first-order valence-electron chi connectivity index (χ1n) is 6.74. The van der Waals surface area contributed by atoms with E-state index in [-0.39, 0.29) is 0 Å². The fourth-order valence-corrected chi connectivity index (χ4v) is 1.92. The van der Waals surface area contributed by atoms with Crippen molar-refractivity contribution in [1.82, 2.24) is 5.32 Å². The van der Waals surface area contributed by atoms with Crippen LogP contribution in [0.5, 0.6) is 5.75 Å². The van der Waals surface area contributed by atoms with E-state index >= 15 is 0 Å². The van der Waals surface area contributed by atoms with Crippen LogP contribution in [0.1, 0.15) is 25.8 Å². The molecule has 0 aliphatic heterocycles. The molecule has 0 aromatic heterocycles. The highest BCUT2D eigenvalue weighted by Crippen LogP contribution is 2.25. The Balaban J connectivity index is 2.40. The number of hydrogen-bond donors (Lipinski definition) is 1. The van der Waals surface area contributed by atoms with Gasteiger partial charge in [0.25, 0.3) is 0 Å². The molecule has 0 spiro atoms. The average Bonchev–Trinajstić information content (AvgIpc) is 2.36. The first-order chi connectivity index (χ1) is 9.13. The van der Waals surface area contributed by atoms with Crippen molar-refractivity contribution in [1.29, 1.82) is 0 Å². The lowest BCUT2D eigenvalue weighted by Gasteiger charge is -2.11. The maximum absolute atomic E-state index is 6.20. The lowest BCUT2D eigenvalue weighted by molar-refractivity contribution is 0.172. The lowest BCUT2D eigenvalue weighted by atomic mass is 10.2. The van der Waals surface area contributed by atoms with E-state index in [1.54, 1.807) is 7.11 Å². The molecule has 0 radical (unpaired) electrons. The number of benzene rings is 1. The van der Waals surface area contributed by atoms with Crippen molar-refractivity contribution in [2.75, 3.05) is 26.9 Å². The summed E-state index contributed by atoms with van der Waals surface area (Å²) < 4.78 is 10.6. The monoisotopic (exact) mass is 285 g/mol. The third-order valence-corrected chi connectivity index (χ3v) is 2.92. The Labute approximate surface area is 121 Å². The van der Waals surface area contributed by atoms with Crippen molar-refractivity contribution in [2.24, 2.45) is 5.92 Å². The van der Waals surface area contributed by atoms with Gasteiger partial charge in [-0.2, -0.15) is 0 Å². The third-order valence-electron chi connectivity index (χ3n) is 2.63. The zero-order chi connectivity index (χ0) is 14.1. The quantitative estimate of drug-likeness (QED) is 0.705. The first kappa shape index (κ1) is 16.3. The summed E-state index contributed by atoms with van der Waals surface area (Å²) in [7, 11) is 1.69. The van der Waals surface area contributed by atoms with Crippen molar-refractivity contribution < 1.29 is 9.47 Å². The topological polar surface area (TPSA) is 30.5 Å². The lowest BCUT2D eigenvalue weighted by Crippen LogP contribution is -2.18. The van der Waals surface area contributed by atoms with Crippen LogP contribution in [-0.2, 0) is 11.3 Å². The normalized spacial score (nSPS) is 11.0. The molecule has 1 N–H and O–H groups in total. The first-order valence-corrected chi connectivity index (χ1v) is 7.12. The fourth-order valence-electron chi connectivity index (χ4n) is 1.66. The Hall–Kier alpha value is -0.770. The zero-order valence-electron chi connectivity index (χ0n) is 12.0. The van der Waals surface area contributed by atoms with E-state index in [1.165, 1.54) is 5.56 Å². The molecule has 0 fully saturated rings. The summed E-state index contributed by atoms with van der Waals surface area (Å²) in [5.41, 5.74) is 1.18. The summed E-state index contributed by atoms with van der Waals surface area (Å²) in [6, 6.07) is 5.94. The van der Waals surface area contributed by atoms with Crippen LogP contribution in [0.4, 0.5) is 0 Å². The summed E-state index contributed by atoms with van der Waals surface area (Å²) in [5, 5.41) is 4.06. The fraction of sp³-hybridized carbons (Fsp3) is 0.600. The van der Waals surface area contributed by atoms with Crippen LogP contribution in [0.25, 0.3) is 0 Å². The molecule has 19 heavy (non-hydrogen) atoms. The molecule has 3 nitrogen and oxygen atoms in total. The van der Waals surface area contributed by atoms with Gasteiger partial charge in [0.15, 0.2) is 0 Å². The van der Waals surface area contributed by atoms with Crippen LogP contribution >= 0.6 is 11.6 Å². The van der Waals surface area contributed by atoms with Crippen molar-refractivity contribution in [3.8, 4) is 5.75 Å². The van der Waals surface area contributed by atoms with Gasteiger partial charge in [-0.1, -0.05) is 31.5 Å². The van der Waals surface area contributed by atoms with Gasteiger partial charge < -0.3 is 14.8 Å². The smallest absolute Gasteiger partial charge is 0.137 e. The molecular weight excluding hydrogens is 262 g/mol. The summed E-state index contributed by atoms with van der Waals surface area (Å²) in [6.45, 7) is 7.55. The second-order valence-corrected chi connectivity index (χ2v) is 5.39. The largest absolute Gasteiger partial charge is 0.492 e. The van der Waals surface area contributed by atoms with E-state index in [1.807, 2.05) is 18.2 Å². The second kappa shape index (κ2) is 9.18. The molecule has 108 valence electrons. The molecule has 1 rings (SSSR count). The van der Waals surface area contributed by atoms with Gasteiger partial charge in [-0.05, 0) is 30.2 Å². The number of nitrogens with one attached hydrogen (secondary N) is 1. The summed E-state index contributed by atoms with van der Waals surface area (Å²) in [6.07, 6.45) is 0.866. The molecule has 0 aliphatic carbocycles. The van der Waals surface area contributed by atoms with Gasteiger partial charge in [0.05, 0.1) is 11.6 Å². The van der Waals surface area contributed by atoms with E-state index in [9.17, 15) is 0 Å². The minimum atomic E-state index is 0.624. The number of rotatable bonds is 9. The summed E-state index contributed by atoms with van der Waals surface area (Å²) >= 11 is 6.20. The number of methoxy groups -OCH3 is 1. The maximum atomic E-state index is 6.20. The predicted octanol–water partition coefficient (Wildman–Crippen LogP) is 3.50. The summed E-state index contributed by atoms with van der Waals surface area (Å²) in [5.74, 6) is 1.39. The highest BCUT2D eigenvalue weighted by Gasteiger charge is 2.03. The zero-order valence-corrected chi connectivity index (χ0v) is 12.8. The minimum Gasteiger partial charge on any atom is -0.492 e. The Morgan fingerprint density at radius 1 is 1.26 bits per heavy atom. The molecule has 0 saturated carbocycles. The van der Waals surface area contributed by atoms with Crippen LogP contribution in [-0.4, -0.2) is 26.9 Å². The van der Waals surface area contributed by atoms with Crippen molar-refractivity contribution in [3.63, 3.8) is 0 Å². The highest BCUT2D eigenvalue weighted by molar-refractivity contribution is 6.32. The molecule has 0 aliphatic rings. The Bertz CT molecular complexity index is 369. The van der Waals surface area contributed by atoms with Crippen LogP contribution in [0.3, 0.4) is 0 Å². The molecule has 4 heteroatoms. The van der Waals surface area contributed by atoms with Crippen molar-refractivity contribution >= 4 is 11.6 Å². The number of hydrogen-bond acceptors (Lipinski definition) is 3. The molecule has 0 amide bonds. The van der Waals surface area contributed by atoms with Gasteiger partial charge in [-0.25, -0.2) is 0 Å². The van der Waals surface area contributed by atoms with Crippen LogP contribution < -0.4 is 10.1 Å². The molecule has 0 atom stereocenters. The molecule has 0 heterocycles. The maximum Gasteiger partial charge on any atom is 0.137 e. The van der Waals surface area contributed by atoms with E-state index in [0.29, 0.717) is 24.2 Å². The van der Waals surface area contributed by atoms with Gasteiger partial charge in [-0.15, -0.1) is 0 Å². The van der Waals surface area contributed by atoms with Gasteiger partial charge >= 0.3 is 0 Å². The van der Waals surface area contributed by atoms with E-state index in [0.717, 1.165) is 25.3 Å². The Morgan fingerprint density at radius 2 is 2.05 bits per heavy atom. The van der Waals surface area contributed by atoms with Crippen LogP contribution in [0.15, 0.2) is 18.2 Å². The standard InChI is InChI=1S/C15H24ClNO2/c1-12(2)10-17-11-13-5-6-15(14(16)9-13)19-8-4-7-18-3/h5-6,9,12,17H,4,7-8,10-11H2,1-3H3. The van der Waals surface area contributed by atoms with Crippen LogP contribution in [0.2, 0.25) is 5.02 Å². The van der Waals surface area contributed by atoms with Crippen molar-refractivity contribution in [2.45, 2.75) is 26.8 Å². The molecular formula is C15H24ClNO2. The number of ether oxygens (including phenoxy) is 2. The van der Waals surface area contributed by atoms with Crippen LogP contribution in [0, 0.1) is 5.92 Å². The molecule has 0 unspecified atom stereocenters. The van der Waals surface area contributed by atoms with E-state index in [4.69, 9.17) is 21.1 Å². The predicted molar refractivity (Wildman–Crippen MR) is 80.0 cm³/mol. The number of halogens is 1. The van der Waals surface area contributed by atoms with Gasteiger partial charge in [0.1, 0.15) is 5.75 Å². The molecule has 0 bridgehead atoms. The van der Waals surface area contributed by atoms with E-state index < -0.39 is 0 Å². The van der Waals surface area contributed by atoms with Gasteiger partial charge in [0.2, 0.25) is 0 Å². The van der Waals surface area contributed by atoms with Gasteiger partial charge in [-0.3, -0.25) is 0 Å². The second-order valence-electron chi connectivity index (χ2n) is 4.98. The third kappa shape index (κ3) is 6.81. The Kier molecular flexibility index (Phi) is 7.87. The summed E-state index contributed by atoms with van der Waals surface area (Å²) in [4.78, 5) is 0. The molecule has 1 aromatic rings. The molecule has 0 saturated heterocycles. The average molecular weight is 286 g/mol. The molecule has 1 aromatic carbocycles. The minimum absolute atomic E-state index is 0.624. The van der Waals surface area contributed by atoms with Crippen molar-refractivity contribution in [3.05, 3.63) is 28.8 Å². The van der Waals surface area contributed by atoms with Gasteiger partial charge in [0, 0.05) is 26.7 Å². The highest BCUT2D eigenvalue weighted by atomic mass is 35.5. The Morgan fingerprint density at radius 3 is 2.68 bits per heavy atom. The SMILES string of the molecule is COCCCOc1ccc(CNCC(C)C)cc1Cl.